The van der Waals surface area contributed by atoms with Crippen LogP contribution in [0.15, 0.2) is 10.9 Å². The summed E-state index contributed by atoms with van der Waals surface area (Å²) in [5, 5.41) is 0. The summed E-state index contributed by atoms with van der Waals surface area (Å²) in [6.45, 7) is 7.27. The molecule has 1 aromatic heterocycles. The number of hydrogen-bond donors (Lipinski definition) is 2. The van der Waals surface area contributed by atoms with Gasteiger partial charge in [0.05, 0.1) is 0 Å². The number of fused-ring (bicyclic) bond motifs is 1. The Morgan fingerprint density at radius 1 is 1.42 bits per heavy atom. The van der Waals surface area contributed by atoms with Gasteiger partial charge in [0.1, 0.15) is 5.56 Å². The second kappa shape index (κ2) is 5.54. The Hall–Kier alpha value is -1.66. The van der Waals surface area contributed by atoms with Gasteiger partial charge < -0.3 is 4.57 Å². The van der Waals surface area contributed by atoms with Crippen molar-refractivity contribution in [2.75, 3.05) is 13.1 Å². The van der Waals surface area contributed by atoms with Crippen LogP contribution in [-0.2, 0) is 19.5 Å². The number of carbonyl (C=O) groups excluding carboxylic acids is 1. The van der Waals surface area contributed by atoms with Crippen LogP contribution in [0.5, 0.6) is 0 Å². The van der Waals surface area contributed by atoms with Crippen molar-refractivity contribution in [1.29, 1.82) is 0 Å². The van der Waals surface area contributed by atoms with Gasteiger partial charge in [0.25, 0.3) is 11.5 Å². The zero-order valence-electron chi connectivity index (χ0n) is 11.4. The maximum atomic E-state index is 12.3. The van der Waals surface area contributed by atoms with Gasteiger partial charge in [-0.1, -0.05) is 6.92 Å². The summed E-state index contributed by atoms with van der Waals surface area (Å²) in [6.07, 6.45) is 0.844. The summed E-state index contributed by atoms with van der Waals surface area (Å²) in [7, 11) is 0. The fourth-order valence-corrected chi connectivity index (χ4v) is 2.62. The first-order valence-electron chi connectivity index (χ1n) is 6.61. The minimum Gasteiger partial charge on any atom is -0.312 e. The first kappa shape index (κ1) is 13.8. The molecule has 2 heterocycles. The van der Waals surface area contributed by atoms with E-state index in [1.165, 1.54) is 0 Å². The SMILES string of the molecule is CCN1CCc2c(cc(C(=O)NN)c(=O)n2CC)C1. The standard InChI is InChI=1S/C13H20N4O2/c1-3-16-6-5-11-9(8-16)7-10(12(18)15-14)13(19)17(11)4-2/h7H,3-6,8,14H2,1-2H3,(H,15,18). The maximum Gasteiger partial charge on any atom is 0.270 e. The Morgan fingerprint density at radius 2 is 2.16 bits per heavy atom. The van der Waals surface area contributed by atoms with E-state index in [0.717, 1.165) is 37.3 Å². The van der Waals surface area contributed by atoms with E-state index in [2.05, 4.69) is 11.8 Å². The Balaban J connectivity index is 2.56. The molecule has 104 valence electrons. The first-order chi connectivity index (χ1) is 9.12. The van der Waals surface area contributed by atoms with Gasteiger partial charge in [-0.05, 0) is 25.1 Å². The number of carbonyl (C=O) groups is 1. The Bertz CT molecular complexity index is 550. The van der Waals surface area contributed by atoms with E-state index in [1.54, 1.807) is 10.6 Å². The van der Waals surface area contributed by atoms with Gasteiger partial charge in [0.15, 0.2) is 0 Å². The minimum atomic E-state index is -0.524. The number of pyridine rings is 1. The van der Waals surface area contributed by atoms with Gasteiger partial charge >= 0.3 is 0 Å². The van der Waals surface area contributed by atoms with Gasteiger partial charge in [-0.3, -0.25) is 19.9 Å². The van der Waals surface area contributed by atoms with Crippen molar-refractivity contribution in [2.24, 2.45) is 5.84 Å². The Morgan fingerprint density at radius 3 is 2.74 bits per heavy atom. The topological polar surface area (TPSA) is 80.4 Å². The highest BCUT2D eigenvalue weighted by atomic mass is 16.2. The van der Waals surface area contributed by atoms with E-state index < -0.39 is 5.91 Å². The predicted molar refractivity (Wildman–Crippen MR) is 72.7 cm³/mol. The largest absolute Gasteiger partial charge is 0.312 e. The number of rotatable bonds is 3. The normalized spacial score (nSPS) is 15.1. The van der Waals surface area contributed by atoms with E-state index >= 15 is 0 Å². The molecule has 6 heteroatoms. The van der Waals surface area contributed by atoms with E-state index in [1.807, 2.05) is 12.3 Å². The lowest BCUT2D eigenvalue weighted by Gasteiger charge is -2.29. The number of likely N-dealkylation sites (N-methyl/N-ethyl adjacent to an activating group) is 1. The van der Waals surface area contributed by atoms with Gasteiger partial charge in [0.2, 0.25) is 0 Å². The molecule has 2 rings (SSSR count). The van der Waals surface area contributed by atoms with Crippen LogP contribution in [0.4, 0.5) is 0 Å². The quantitative estimate of drug-likeness (QED) is 0.452. The van der Waals surface area contributed by atoms with E-state index in [9.17, 15) is 9.59 Å². The molecule has 0 saturated heterocycles. The van der Waals surface area contributed by atoms with Gasteiger partial charge in [-0.25, -0.2) is 5.84 Å². The van der Waals surface area contributed by atoms with Gasteiger partial charge in [-0.15, -0.1) is 0 Å². The van der Waals surface area contributed by atoms with E-state index in [0.29, 0.717) is 6.54 Å². The molecule has 3 N–H and O–H groups in total. The van der Waals surface area contributed by atoms with Gasteiger partial charge in [-0.2, -0.15) is 0 Å². The van der Waals surface area contributed by atoms with Crippen molar-refractivity contribution in [3.63, 3.8) is 0 Å². The molecule has 0 unspecified atom stereocenters. The smallest absolute Gasteiger partial charge is 0.270 e. The zero-order chi connectivity index (χ0) is 14.0. The van der Waals surface area contributed by atoms with Crippen LogP contribution in [0.25, 0.3) is 0 Å². The second-order valence-electron chi connectivity index (χ2n) is 4.67. The van der Waals surface area contributed by atoms with Crippen LogP contribution in [0.1, 0.15) is 35.5 Å². The van der Waals surface area contributed by atoms with Crippen LogP contribution in [0.3, 0.4) is 0 Å². The summed E-state index contributed by atoms with van der Waals surface area (Å²) in [5.74, 6) is 4.61. The number of nitrogens with one attached hydrogen (secondary N) is 1. The summed E-state index contributed by atoms with van der Waals surface area (Å²) in [4.78, 5) is 26.2. The van der Waals surface area contributed by atoms with Crippen LogP contribution in [0.2, 0.25) is 0 Å². The van der Waals surface area contributed by atoms with Gasteiger partial charge in [0, 0.05) is 31.7 Å². The zero-order valence-corrected chi connectivity index (χ0v) is 11.4. The molecule has 0 spiro atoms. The highest BCUT2D eigenvalue weighted by Gasteiger charge is 2.22. The van der Waals surface area contributed by atoms with Crippen molar-refractivity contribution in [2.45, 2.75) is 33.4 Å². The first-order valence-corrected chi connectivity index (χ1v) is 6.61. The molecule has 0 fully saturated rings. The average Bonchev–Trinajstić information content (AvgIpc) is 2.45. The molecule has 1 aliphatic rings. The molecule has 1 aromatic rings. The molecular weight excluding hydrogens is 244 g/mol. The Kier molecular flexibility index (Phi) is 4.01. The maximum absolute atomic E-state index is 12.3. The predicted octanol–water partition coefficient (Wildman–Crippen LogP) is -0.150. The van der Waals surface area contributed by atoms with Crippen LogP contribution in [0, 0.1) is 0 Å². The number of nitrogen functional groups attached to an aromatic ring is 1. The molecule has 0 radical (unpaired) electrons. The highest BCUT2D eigenvalue weighted by molar-refractivity contribution is 5.93. The molecule has 0 bridgehead atoms. The molecule has 0 aromatic carbocycles. The third-order valence-corrected chi connectivity index (χ3v) is 3.69. The molecular formula is C13H20N4O2. The number of aromatic nitrogens is 1. The lowest BCUT2D eigenvalue weighted by atomic mass is 10.0. The van der Waals surface area contributed by atoms with Crippen molar-refractivity contribution in [1.82, 2.24) is 14.9 Å². The third-order valence-electron chi connectivity index (χ3n) is 3.69. The average molecular weight is 264 g/mol. The van der Waals surface area contributed by atoms with E-state index in [4.69, 9.17) is 5.84 Å². The highest BCUT2D eigenvalue weighted by Crippen LogP contribution is 2.18. The lowest BCUT2D eigenvalue weighted by Crippen LogP contribution is -2.40. The molecule has 0 saturated carbocycles. The molecule has 1 amide bonds. The fraction of sp³-hybridized carbons (Fsp3) is 0.538. The lowest BCUT2D eigenvalue weighted by molar-refractivity contribution is 0.0951. The molecule has 0 atom stereocenters. The van der Waals surface area contributed by atoms with Crippen molar-refractivity contribution in [3.05, 3.63) is 33.2 Å². The van der Waals surface area contributed by atoms with Crippen molar-refractivity contribution >= 4 is 5.91 Å². The number of hydrazine groups is 1. The molecule has 19 heavy (non-hydrogen) atoms. The number of nitrogens with two attached hydrogens (primary N) is 1. The van der Waals surface area contributed by atoms with Crippen LogP contribution < -0.4 is 16.8 Å². The number of hydrogen-bond acceptors (Lipinski definition) is 4. The summed E-state index contributed by atoms with van der Waals surface area (Å²) in [6, 6.07) is 1.69. The van der Waals surface area contributed by atoms with E-state index in [-0.39, 0.29) is 11.1 Å². The summed E-state index contributed by atoms with van der Waals surface area (Å²) in [5.41, 5.74) is 4.01. The monoisotopic (exact) mass is 264 g/mol. The van der Waals surface area contributed by atoms with Crippen LogP contribution >= 0.6 is 0 Å². The number of amides is 1. The molecule has 0 aliphatic carbocycles. The molecule has 6 nitrogen and oxygen atoms in total. The molecule has 1 aliphatic heterocycles. The van der Waals surface area contributed by atoms with Crippen molar-refractivity contribution < 1.29 is 4.79 Å². The van der Waals surface area contributed by atoms with Crippen molar-refractivity contribution in [3.8, 4) is 0 Å². The summed E-state index contributed by atoms with van der Waals surface area (Å²) < 4.78 is 1.69. The van der Waals surface area contributed by atoms with Crippen LogP contribution in [-0.4, -0.2) is 28.5 Å². The minimum absolute atomic E-state index is 0.126. The number of nitrogens with zero attached hydrogens (tertiary/aromatic N) is 2. The second-order valence-corrected chi connectivity index (χ2v) is 4.67. The fourth-order valence-electron chi connectivity index (χ4n) is 2.62. The summed E-state index contributed by atoms with van der Waals surface area (Å²) >= 11 is 0. The Labute approximate surface area is 112 Å². The third kappa shape index (κ3) is 2.41.